The minimum Gasteiger partial charge on any atom is -0.352 e. The van der Waals surface area contributed by atoms with Crippen LogP contribution in [0.5, 0.6) is 0 Å². The van der Waals surface area contributed by atoms with Gasteiger partial charge in [-0.15, -0.1) is 0 Å². The third-order valence-corrected chi connectivity index (χ3v) is 7.93. The lowest BCUT2D eigenvalue weighted by molar-refractivity contribution is -0.141. The normalized spacial score (nSPS) is 12.8. The molecule has 0 unspecified atom stereocenters. The summed E-state index contributed by atoms with van der Waals surface area (Å²) in [5.41, 5.74) is 2.14. The molecular weight excluding hydrogens is 529 g/mol. The van der Waals surface area contributed by atoms with Crippen molar-refractivity contribution in [2.24, 2.45) is 0 Å². The van der Waals surface area contributed by atoms with Gasteiger partial charge < -0.3 is 10.2 Å². The van der Waals surface area contributed by atoms with Crippen LogP contribution in [0.3, 0.4) is 0 Å². The molecule has 9 heteroatoms. The van der Waals surface area contributed by atoms with Gasteiger partial charge in [-0.1, -0.05) is 67.6 Å². The molecule has 3 aromatic carbocycles. The highest BCUT2D eigenvalue weighted by atomic mass is 32.2. The maximum atomic E-state index is 13.8. The van der Waals surface area contributed by atoms with Crippen LogP contribution in [0, 0.1) is 5.82 Å². The summed E-state index contributed by atoms with van der Waals surface area (Å²) >= 11 is 0. The molecule has 0 saturated heterocycles. The molecule has 40 heavy (non-hydrogen) atoms. The van der Waals surface area contributed by atoms with Crippen molar-refractivity contribution in [1.82, 2.24) is 10.2 Å². The molecule has 0 aliphatic heterocycles. The molecule has 0 aliphatic carbocycles. The Hall–Kier alpha value is -3.72. The first-order valence-electron chi connectivity index (χ1n) is 13.5. The molecular formula is C31H38FN3O4S. The topological polar surface area (TPSA) is 86.8 Å². The lowest BCUT2D eigenvalue weighted by atomic mass is 10.0. The number of halogens is 1. The highest BCUT2D eigenvalue weighted by Crippen LogP contribution is 2.20. The number of rotatable bonds is 14. The van der Waals surface area contributed by atoms with Crippen molar-refractivity contribution < 1.29 is 22.4 Å². The van der Waals surface area contributed by atoms with Crippen LogP contribution < -0.4 is 9.62 Å². The van der Waals surface area contributed by atoms with Crippen molar-refractivity contribution in [2.45, 2.75) is 58.2 Å². The summed E-state index contributed by atoms with van der Waals surface area (Å²) in [6.07, 6.45) is 2.42. The van der Waals surface area contributed by atoms with Crippen molar-refractivity contribution in [1.29, 1.82) is 0 Å². The lowest BCUT2D eigenvalue weighted by Crippen LogP contribution is -2.52. The van der Waals surface area contributed by atoms with Crippen molar-refractivity contribution in [2.75, 3.05) is 17.1 Å². The van der Waals surface area contributed by atoms with Crippen LogP contribution in [-0.4, -0.2) is 50.0 Å². The minimum atomic E-state index is -3.66. The Morgan fingerprint density at radius 1 is 0.900 bits per heavy atom. The fourth-order valence-corrected chi connectivity index (χ4v) is 5.35. The van der Waals surface area contributed by atoms with E-state index >= 15 is 0 Å². The molecule has 1 N–H and O–H groups in total. The molecule has 0 heterocycles. The van der Waals surface area contributed by atoms with E-state index in [2.05, 4.69) is 5.32 Å². The standard InChI is InChI=1S/C31H38FN3O4S/c1-4-24(2)33-31(37)29(22-25-12-7-5-8-13-25)34(23-26-14-9-6-10-15-26)30(36)16-11-21-35(40(3,38)39)28-19-17-27(32)18-20-28/h5-10,12-15,17-20,24,29H,4,11,16,21-23H2,1-3H3,(H,33,37)/t24-,29-/m1/s1. The Kier molecular flexibility index (Phi) is 11.3. The van der Waals surface area contributed by atoms with E-state index in [0.29, 0.717) is 12.1 Å². The van der Waals surface area contributed by atoms with Gasteiger partial charge in [-0.2, -0.15) is 0 Å². The molecule has 3 aromatic rings. The lowest BCUT2D eigenvalue weighted by Gasteiger charge is -2.32. The Bertz CT molecular complexity index is 1340. The predicted octanol–water partition coefficient (Wildman–Crippen LogP) is 4.93. The van der Waals surface area contributed by atoms with Crippen LogP contribution in [0.1, 0.15) is 44.2 Å². The van der Waals surface area contributed by atoms with Gasteiger partial charge >= 0.3 is 0 Å². The number of nitrogens with one attached hydrogen (secondary N) is 1. The van der Waals surface area contributed by atoms with Gasteiger partial charge in [0.15, 0.2) is 0 Å². The zero-order valence-electron chi connectivity index (χ0n) is 23.3. The Morgan fingerprint density at radius 3 is 2.02 bits per heavy atom. The molecule has 0 aliphatic rings. The van der Waals surface area contributed by atoms with E-state index in [4.69, 9.17) is 0 Å². The number of amides is 2. The quantitative estimate of drug-likeness (QED) is 0.299. The molecule has 0 aromatic heterocycles. The molecule has 0 spiro atoms. The second-order valence-electron chi connectivity index (χ2n) is 9.95. The summed E-state index contributed by atoms with van der Waals surface area (Å²) < 4.78 is 39.6. The van der Waals surface area contributed by atoms with Gasteiger partial charge in [-0.3, -0.25) is 13.9 Å². The van der Waals surface area contributed by atoms with Gasteiger partial charge in [0.2, 0.25) is 21.8 Å². The number of sulfonamides is 1. The number of carbonyl (C=O) groups excluding carboxylic acids is 2. The van der Waals surface area contributed by atoms with Crippen LogP contribution in [0.2, 0.25) is 0 Å². The van der Waals surface area contributed by atoms with Gasteiger partial charge in [-0.05, 0) is 55.2 Å². The smallest absolute Gasteiger partial charge is 0.243 e. The van der Waals surface area contributed by atoms with E-state index in [0.717, 1.165) is 23.8 Å². The monoisotopic (exact) mass is 567 g/mol. The first-order chi connectivity index (χ1) is 19.1. The number of benzene rings is 3. The predicted molar refractivity (Wildman–Crippen MR) is 157 cm³/mol. The van der Waals surface area contributed by atoms with E-state index < -0.39 is 21.9 Å². The zero-order chi connectivity index (χ0) is 29.1. The van der Waals surface area contributed by atoms with Crippen LogP contribution >= 0.6 is 0 Å². The summed E-state index contributed by atoms with van der Waals surface area (Å²) in [6.45, 7) is 4.19. The van der Waals surface area contributed by atoms with Crippen molar-refractivity contribution in [3.8, 4) is 0 Å². The summed E-state index contributed by atoms with van der Waals surface area (Å²) in [5.74, 6) is -0.952. The van der Waals surface area contributed by atoms with Gasteiger partial charge in [0.25, 0.3) is 0 Å². The molecule has 0 saturated carbocycles. The Labute approximate surface area is 237 Å². The fraction of sp³-hybridized carbons (Fsp3) is 0.355. The second kappa shape index (κ2) is 14.6. The highest BCUT2D eigenvalue weighted by Gasteiger charge is 2.31. The summed E-state index contributed by atoms with van der Waals surface area (Å²) in [5, 5.41) is 3.04. The average Bonchev–Trinajstić information content (AvgIpc) is 2.94. The first-order valence-corrected chi connectivity index (χ1v) is 15.3. The van der Waals surface area contributed by atoms with Gasteiger partial charge in [-0.25, -0.2) is 12.8 Å². The summed E-state index contributed by atoms with van der Waals surface area (Å²) in [4.78, 5) is 28.9. The van der Waals surface area contributed by atoms with E-state index in [-0.39, 0.29) is 43.8 Å². The molecule has 2 amide bonds. The summed E-state index contributed by atoms with van der Waals surface area (Å²) in [6, 6.07) is 23.4. The third kappa shape index (κ3) is 9.19. The SMILES string of the molecule is CC[C@@H](C)NC(=O)[C@@H](Cc1ccccc1)N(Cc1ccccc1)C(=O)CCCN(c1ccc(F)cc1)S(C)(=O)=O. The zero-order valence-corrected chi connectivity index (χ0v) is 24.1. The molecule has 0 bridgehead atoms. The second-order valence-corrected chi connectivity index (χ2v) is 11.9. The number of carbonyl (C=O) groups is 2. The maximum absolute atomic E-state index is 13.8. The number of hydrogen-bond donors (Lipinski definition) is 1. The van der Waals surface area contributed by atoms with E-state index in [1.807, 2.05) is 74.5 Å². The van der Waals surface area contributed by atoms with Crippen LogP contribution in [-0.2, 0) is 32.6 Å². The average molecular weight is 568 g/mol. The molecule has 214 valence electrons. The van der Waals surface area contributed by atoms with E-state index in [1.54, 1.807) is 4.90 Å². The highest BCUT2D eigenvalue weighted by molar-refractivity contribution is 7.92. The first kappa shape index (κ1) is 30.8. The van der Waals surface area contributed by atoms with Crippen LogP contribution in [0.25, 0.3) is 0 Å². The maximum Gasteiger partial charge on any atom is 0.243 e. The fourth-order valence-electron chi connectivity index (χ4n) is 4.39. The molecule has 3 rings (SSSR count). The largest absolute Gasteiger partial charge is 0.352 e. The van der Waals surface area contributed by atoms with Gasteiger partial charge in [0.05, 0.1) is 11.9 Å². The van der Waals surface area contributed by atoms with Crippen LogP contribution in [0.4, 0.5) is 10.1 Å². The van der Waals surface area contributed by atoms with Crippen molar-refractivity contribution in [3.05, 3.63) is 102 Å². The van der Waals surface area contributed by atoms with Gasteiger partial charge in [0.1, 0.15) is 11.9 Å². The molecule has 2 atom stereocenters. The molecule has 7 nitrogen and oxygen atoms in total. The molecule has 0 radical (unpaired) electrons. The summed E-state index contributed by atoms with van der Waals surface area (Å²) in [7, 11) is -3.66. The number of nitrogens with zero attached hydrogens (tertiary/aromatic N) is 2. The van der Waals surface area contributed by atoms with E-state index in [9.17, 15) is 22.4 Å². The minimum absolute atomic E-state index is 0.0297. The van der Waals surface area contributed by atoms with Crippen molar-refractivity contribution >= 4 is 27.5 Å². The molecule has 0 fully saturated rings. The van der Waals surface area contributed by atoms with Crippen LogP contribution in [0.15, 0.2) is 84.9 Å². The number of anilines is 1. The Balaban J connectivity index is 1.86. The van der Waals surface area contributed by atoms with Gasteiger partial charge in [0, 0.05) is 32.0 Å². The third-order valence-electron chi connectivity index (χ3n) is 6.73. The van der Waals surface area contributed by atoms with Crippen molar-refractivity contribution in [3.63, 3.8) is 0 Å². The van der Waals surface area contributed by atoms with E-state index in [1.165, 1.54) is 28.6 Å². The Morgan fingerprint density at radius 2 is 1.48 bits per heavy atom. The number of hydrogen-bond acceptors (Lipinski definition) is 4.